The van der Waals surface area contributed by atoms with Gasteiger partial charge in [0.25, 0.3) is 5.91 Å². The first-order valence-electron chi connectivity index (χ1n) is 7.43. The number of benzene rings is 1. The fourth-order valence-electron chi connectivity index (χ4n) is 2.68. The first-order chi connectivity index (χ1) is 10.0. The lowest BCUT2D eigenvalue weighted by Gasteiger charge is -2.38. The van der Waals surface area contributed by atoms with Crippen molar-refractivity contribution in [2.24, 2.45) is 5.92 Å². The van der Waals surface area contributed by atoms with E-state index in [1.165, 1.54) is 0 Å². The summed E-state index contributed by atoms with van der Waals surface area (Å²) in [5.74, 6) is 1.07. The molecule has 1 aromatic rings. The molecule has 0 radical (unpaired) electrons. The molecule has 1 aliphatic rings. The minimum atomic E-state index is -0.478. The Morgan fingerprint density at radius 3 is 2.57 bits per heavy atom. The van der Waals surface area contributed by atoms with Crippen LogP contribution in [0.25, 0.3) is 0 Å². The first kappa shape index (κ1) is 15.6. The molecular weight excluding hydrogens is 268 g/mol. The zero-order valence-corrected chi connectivity index (χ0v) is 12.5. The third kappa shape index (κ3) is 4.36. The molecule has 0 atom stereocenters. The van der Waals surface area contributed by atoms with E-state index in [-0.39, 0.29) is 19.1 Å². The number of anilines is 1. The number of ether oxygens (including phenoxy) is 1. The van der Waals surface area contributed by atoms with Gasteiger partial charge in [-0.1, -0.05) is 6.92 Å². The highest BCUT2D eigenvalue weighted by atomic mass is 16.5. The molecular formula is C16H24N2O3. The average molecular weight is 292 g/mol. The quantitative estimate of drug-likeness (QED) is 0.721. The SMILES string of the molecule is CC1CCC(CO)(NC(=O)COc2ccc(N)cc2)CC1. The van der Waals surface area contributed by atoms with Crippen molar-refractivity contribution in [3.8, 4) is 5.75 Å². The van der Waals surface area contributed by atoms with Crippen LogP contribution >= 0.6 is 0 Å². The van der Waals surface area contributed by atoms with E-state index in [0.29, 0.717) is 17.4 Å². The Balaban J connectivity index is 1.84. The normalized spacial score (nSPS) is 25.3. The summed E-state index contributed by atoms with van der Waals surface area (Å²) in [6, 6.07) is 6.91. The number of hydrogen-bond acceptors (Lipinski definition) is 4. The van der Waals surface area contributed by atoms with Gasteiger partial charge in [-0.25, -0.2) is 0 Å². The van der Waals surface area contributed by atoms with Crippen LogP contribution in [0, 0.1) is 5.92 Å². The van der Waals surface area contributed by atoms with Crippen molar-refractivity contribution < 1.29 is 14.6 Å². The van der Waals surface area contributed by atoms with Crippen LogP contribution in [-0.4, -0.2) is 29.8 Å². The van der Waals surface area contributed by atoms with Gasteiger partial charge in [-0.05, 0) is 55.9 Å². The largest absolute Gasteiger partial charge is 0.484 e. The van der Waals surface area contributed by atoms with Gasteiger partial charge in [-0.2, -0.15) is 0 Å². The topological polar surface area (TPSA) is 84.6 Å². The number of amides is 1. The van der Waals surface area contributed by atoms with Gasteiger partial charge >= 0.3 is 0 Å². The van der Waals surface area contributed by atoms with Crippen molar-refractivity contribution >= 4 is 11.6 Å². The standard InChI is InChI=1S/C16H24N2O3/c1-12-6-8-16(11-19,9-7-12)18-15(20)10-21-14-4-2-13(17)3-5-14/h2-5,12,19H,6-11,17H2,1H3,(H,18,20). The molecule has 2 rings (SSSR count). The van der Waals surface area contributed by atoms with Crippen LogP contribution in [0.3, 0.4) is 0 Å². The number of nitrogens with two attached hydrogens (primary N) is 1. The molecule has 1 fully saturated rings. The Morgan fingerprint density at radius 1 is 1.38 bits per heavy atom. The molecule has 0 saturated heterocycles. The number of carbonyl (C=O) groups excluding carboxylic acids is 1. The van der Waals surface area contributed by atoms with E-state index in [1.807, 2.05) is 0 Å². The molecule has 0 unspecified atom stereocenters. The number of hydrogen-bond donors (Lipinski definition) is 3. The predicted octanol–water partition coefficient (Wildman–Crippen LogP) is 1.70. The second kappa shape index (κ2) is 6.80. The van der Waals surface area contributed by atoms with Gasteiger partial charge in [0, 0.05) is 5.69 Å². The highest BCUT2D eigenvalue weighted by Gasteiger charge is 2.34. The Morgan fingerprint density at radius 2 is 2.00 bits per heavy atom. The monoisotopic (exact) mass is 292 g/mol. The number of aliphatic hydroxyl groups excluding tert-OH is 1. The maximum atomic E-state index is 12.0. The minimum absolute atomic E-state index is 0.0205. The lowest BCUT2D eigenvalue weighted by molar-refractivity contribution is -0.126. The van der Waals surface area contributed by atoms with E-state index in [9.17, 15) is 9.90 Å². The molecule has 4 N–H and O–H groups in total. The average Bonchev–Trinajstić information content (AvgIpc) is 2.49. The van der Waals surface area contributed by atoms with Crippen LogP contribution < -0.4 is 15.8 Å². The van der Waals surface area contributed by atoms with Gasteiger partial charge in [0.2, 0.25) is 0 Å². The molecule has 5 nitrogen and oxygen atoms in total. The molecule has 1 amide bonds. The van der Waals surface area contributed by atoms with E-state index in [2.05, 4.69) is 12.2 Å². The second-order valence-electron chi connectivity index (χ2n) is 6.03. The molecule has 21 heavy (non-hydrogen) atoms. The van der Waals surface area contributed by atoms with Crippen molar-refractivity contribution in [3.63, 3.8) is 0 Å². The Hall–Kier alpha value is -1.75. The highest BCUT2D eigenvalue weighted by Crippen LogP contribution is 2.31. The second-order valence-corrected chi connectivity index (χ2v) is 6.03. The van der Waals surface area contributed by atoms with E-state index < -0.39 is 5.54 Å². The summed E-state index contributed by atoms with van der Waals surface area (Å²) < 4.78 is 5.43. The lowest BCUT2D eigenvalue weighted by Crippen LogP contribution is -2.54. The summed E-state index contributed by atoms with van der Waals surface area (Å²) in [6.07, 6.45) is 3.69. The number of carbonyl (C=O) groups is 1. The Bertz CT molecular complexity index is 465. The summed E-state index contributed by atoms with van der Waals surface area (Å²) in [7, 11) is 0. The molecule has 0 spiro atoms. The molecule has 1 aromatic carbocycles. The van der Waals surface area contributed by atoms with Gasteiger partial charge < -0.3 is 20.9 Å². The fourth-order valence-corrected chi connectivity index (χ4v) is 2.68. The third-order valence-corrected chi connectivity index (χ3v) is 4.19. The zero-order valence-electron chi connectivity index (χ0n) is 12.5. The smallest absolute Gasteiger partial charge is 0.258 e. The summed E-state index contributed by atoms with van der Waals surface area (Å²) in [6.45, 7) is 2.13. The van der Waals surface area contributed by atoms with E-state index in [1.54, 1.807) is 24.3 Å². The maximum absolute atomic E-state index is 12.0. The third-order valence-electron chi connectivity index (χ3n) is 4.19. The van der Waals surface area contributed by atoms with Gasteiger partial charge in [-0.3, -0.25) is 4.79 Å². The van der Waals surface area contributed by atoms with Crippen molar-refractivity contribution in [2.45, 2.75) is 38.1 Å². The van der Waals surface area contributed by atoms with Gasteiger partial charge in [-0.15, -0.1) is 0 Å². The van der Waals surface area contributed by atoms with Gasteiger partial charge in [0.05, 0.1) is 12.1 Å². The maximum Gasteiger partial charge on any atom is 0.258 e. The Kier molecular flexibility index (Phi) is 5.07. The van der Waals surface area contributed by atoms with Crippen LogP contribution in [0.1, 0.15) is 32.6 Å². The molecule has 0 heterocycles. The van der Waals surface area contributed by atoms with Crippen molar-refractivity contribution in [1.82, 2.24) is 5.32 Å². The highest BCUT2D eigenvalue weighted by molar-refractivity contribution is 5.78. The summed E-state index contributed by atoms with van der Waals surface area (Å²) >= 11 is 0. The number of nitrogens with one attached hydrogen (secondary N) is 1. The molecule has 116 valence electrons. The van der Waals surface area contributed by atoms with Crippen LogP contribution in [0.2, 0.25) is 0 Å². The van der Waals surface area contributed by atoms with Crippen molar-refractivity contribution in [2.75, 3.05) is 18.9 Å². The molecule has 0 aliphatic heterocycles. The van der Waals surface area contributed by atoms with Crippen LogP contribution in [-0.2, 0) is 4.79 Å². The summed E-state index contributed by atoms with van der Waals surface area (Å²) in [5.41, 5.74) is 5.77. The fraction of sp³-hybridized carbons (Fsp3) is 0.562. The molecule has 0 bridgehead atoms. The number of rotatable bonds is 5. The van der Waals surface area contributed by atoms with Crippen LogP contribution in [0.4, 0.5) is 5.69 Å². The lowest BCUT2D eigenvalue weighted by atomic mass is 9.77. The molecule has 0 aromatic heterocycles. The zero-order chi connectivity index (χ0) is 15.3. The first-order valence-corrected chi connectivity index (χ1v) is 7.43. The van der Waals surface area contributed by atoms with Gasteiger partial charge in [0.15, 0.2) is 6.61 Å². The van der Waals surface area contributed by atoms with Crippen LogP contribution in [0.5, 0.6) is 5.75 Å². The van der Waals surface area contributed by atoms with E-state index >= 15 is 0 Å². The predicted molar refractivity (Wildman–Crippen MR) is 81.9 cm³/mol. The molecule has 5 heteroatoms. The van der Waals surface area contributed by atoms with Crippen molar-refractivity contribution in [1.29, 1.82) is 0 Å². The Labute approximate surface area is 125 Å². The van der Waals surface area contributed by atoms with Crippen molar-refractivity contribution in [3.05, 3.63) is 24.3 Å². The summed E-state index contributed by atoms with van der Waals surface area (Å²) in [4.78, 5) is 12.0. The summed E-state index contributed by atoms with van der Waals surface area (Å²) in [5, 5.41) is 12.6. The number of nitrogen functional groups attached to an aromatic ring is 1. The van der Waals surface area contributed by atoms with E-state index in [0.717, 1.165) is 25.7 Å². The molecule has 1 saturated carbocycles. The van der Waals surface area contributed by atoms with Crippen LogP contribution in [0.15, 0.2) is 24.3 Å². The van der Waals surface area contributed by atoms with E-state index in [4.69, 9.17) is 10.5 Å². The van der Waals surface area contributed by atoms with Gasteiger partial charge in [0.1, 0.15) is 5.75 Å². The minimum Gasteiger partial charge on any atom is -0.484 e. The molecule has 1 aliphatic carbocycles. The number of aliphatic hydroxyl groups is 1.